The molecule has 0 aliphatic carbocycles. The monoisotopic (exact) mass is 351 g/mol. The Morgan fingerprint density at radius 1 is 1.38 bits per heavy atom. The number of carbonyl (C=O) groups is 1. The van der Waals surface area contributed by atoms with Gasteiger partial charge in [0, 0.05) is 15.3 Å². The van der Waals surface area contributed by atoms with E-state index in [9.17, 15) is 26.7 Å². The summed E-state index contributed by atoms with van der Waals surface area (Å²) in [5.41, 5.74) is -3.75. The van der Waals surface area contributed by atoms with Gasteiger partial charge in [0.2, 0.25) is 0 Å². The molecule has 0 aliphatic heterocycles. The molecule has 1 heterocycles. The van der Waals surface area contributed by atoms with Crippen molar-refractivity contribution >= 4 is 28.9 Å². The maximum atomic E-state index is 12.5. The number of hydrogen-bond donors (Lipinski definition) is 0. The summed E-state index contributed by atoms with van der Waals surface area (Å²) in [6.45, 7) is 0. The van der Waals surface area contributed by atoms with Crippen LogP contribution in [-0.4, -0.2) is 11.3 Å². The zero-order chi connectivity index (χ0) is 12.5. The molecule has 1 aromatic heterocycles. The molecule has 0 aliphatic rings. The van der Waals surface area contributed by atoms with Crippen molar-refractivity contribution in [3.63, 3.8) is 0 Å². The van der Waals surface area contributed by atoms with Gasteiger partial charge in [0.1, 0.15) is 0 Å². The van der Waals surface area contributed by atoms with Crippen molar-refractivity contribution in [1.82, 2.24) is 4.98 Å². The smallest absolute Gasteiger partial charge is 0.298 e. The molecule has 0 spiro atoms. The van der Waals surface area contributed by atoms with Crippen LogP contribution in [0.15, 0.2) is 6.20 Å². The van der Waals surface area contributed by atoms with Crippen molar-refractivity contribution in [2.24, 2.45) is 0 Å². The van der Waals surface area contributed by atoms with Crippen molar-refractivity contribution in [3.05, 3.63) is 26.6 Å². The molecule has 0 amide bonds. The van der Waals surface area contributed by atoms with E-state index in [1.807, 2.05) is 0 Å². The third-order valence-electron chi connectivity index (χ3n) is 1.71. The van der Waals surface area contributed by atoms with Crippen LogP contribution in [-0.2, 0) is 6.18 Å². The highest BCUT2D eigenvalue weighted by molar-refractivity contribution is 14.1. The van der Waals surface area contributed by atoms with E-state index in [0.717, 1.165) is 6.20 Å². The van der Waals surface area contributed by atoms with Crippen LogP contribution in [0.1, 0.15) is 28.0 Å². The summed E-state index contributed by atoms with van der Waals surface area (Å²) in [4.78, 5) is 13.4. The van der Waals surface area contributed by atoms with Crippen molar-refractivity contribution in [1.29, 1.82) is 0 Å². The predicted molar refractivity (Wildman–Crippen MR) is 52.3 cm³/mol. The van der Waals surface area contributed by atoms with Gasteiger partial charge in [-0.05, 0) is 22.6 Å². The van der Waals surface area contributed by atoms with Crippen LogP contribution in [0.2, 0.25) is 0 Å². The quantitative estimate of drug-likeness (QED) is 0.464. The fourth-order valence-electron chi connectivity index (χ4n) is 1.08. The lowest BCUT2D eigenvalue weighted by Gasteiger charge is -2.13. The molecule has 0 bridgehead atoms. The molecule has 1 aromatic rings. The average molecular weight is 351 g/mol. The number of hydrogen-bond acceptors (Lipinski definition) is 2. The van der Waals surface area contributed by atoms with Crippen LogP contribution < -0.4 is 0 Å². The lowest BCUT2D eigenvalue weighted by Crippen LogP contribution is -2.15. The third-order valence-corrected chi connectivity index (χ3v) is 2.57. The summed E-state index contributed by atoms with van der Waals surface area (Å²) in [5.74, 6) is 0. The molecule has 0 N–H and O–H groups in total. The van der Waals surface area contributed by atoms with E-state index >= 15 is 0 Å². The summed E-state index contributed by atoms with van der Waals surface area (Å²) in [5, 5.41) is 0. The summed E-state index contributed by atoms with van der Waals surface area (Å²) < 4.78 is 61.9. The fraction of sp³-hybridized carbons (Fsp3) is 0.250. The van der Waals surface area contributed by atoms with Gasteiger partial charge in [0.15, 0.2) is 12.0 Å². The van der Waals surface area contributed by atoms with E-state index in [-0.39, 0.29) is 9.86 Å². The van der Waals surface area contributed by atoms with Gasteiger partial charge < -0.3 is 0 Å². The Morgan fingerprint density at radius 2 is 1.94 bits per heavy atom. The molecule has 16 heavy (non-hydrogen) atoms. The molecule has 0 saturated carbocycles. The standard InChI is InChI=1S/C8H3F5INO/c9-7(10)5-3(2-16)4(14)1-15-6(5)8(11,12)13/h1-2,7H. The van der Waals surface area contributed by atoms with Crippen LogP contribution in [0.5, 0.6) is 0 Å². The first-order valence-corrected chi connectivity index (χ1v) is 4.85. The average Bonchev–Trinajstić information content (AvgIpc) is 2.14. The van der Waals surface area contributed by atoms with Gasteiger partial charge >= 0.3 is 6.18 Å². The van der Waals surface area contributed by atoms with Crippen molar-refractivity contribution in [2.45, 2.75) is 12.6 Å². The Morgan fingerprint density at radius 3 is 2.31 bits per heavy atom. The maximum absolute atomic E-state index is 12.5. The fourth-order valence-corrected chi connectivity index (χ4v) is 1.64. The Bertz CT molecular complexity index is 418. The second-order valence-electron chi connectivity index (χ2n) is 2.70. The Kier molecular flexibility index (Phi) is 3.81. The minimum Gasteiger partial charge on any atom is -0.298 e. The SMILES string of the molecule is O=Cc1c(I)cnc(C(F)(F)F)c1C(F)F. The maximum Gasteiger partial charge on any atom is 0.433 e. The van der Waals surface area contributed by atoms with Crippen molar-refractivity contribution < 1.29 is 26.7 Å². The van der Waals surface area contributed by atoms with E-state index in [1.165, 1.54) is 22.6 Å². The van der Waals surface area contributed by atoms with Gasteiger partial charge in [-0.1, -0.05) is 0 Å². The number of carbonyl (C=O) groups excluding carboxylic acids is 1. The van der Waals surface area contributed by atoms with Crippen LogP contribution in [0.25, 0.3) is 0 Å². The molecule has 0 aromatic carbocycles. The summed E-state index contributed by atoms with van der Waals surface area (Å²) in [6.07, 6.45) is -7.70. The number of nitrogens with zero attached hydrogens (tertiary/aromatic N) is 1. The molecule has 2 nitrogen and oxygen atoms in total. The summed E-state index contributed by atoms with van der Waals surface area (Å²) in [7, 11) is 0. The molecule has 8 heteroatoms. The molecule has 0 atom stereocenters. The minimum atomic E-state index is -5.01. The van der Waals surface area contributed by atoms with Gasteiger partial charge in [-0.25, -0.2) is 8.78 Å². The molecule has 0 radical (unpaired) electrons. The number of aromatic nitrogens is 1. The van der Waals surface area contributed by atoms with Crippen molar-refractivity contribution in [3.8, 4) is 0 Å². The van der Waals surface area contributed by atoms with Crippen molar-refractivity contribution in [2.75, 3.05) is 0 Å². The van der Waals surface area contributed by atoms with E-state index in [1.54, 1.807) is 0 Å². The number of aldehydes is 1. The van der Waals surface area contributed by atoms with Crippen LogP contribution in [0.3, 0.4) is 0 Å². The Balaban J connectivity index is 3.58. The van der Waals surface area contributed by atoms with E-state index < -0.39 is 29.4 Å². The zero-order valence-corrected chi connectivity index (χ0v) is 9.51. The van der Waals surface area contributed by atoms with E-state index in [4.69, 9.17) is 0 Å². The predicted octanol–water partition coefficient (Wildman–Crippen LogP) is 3.46. The topological polar surface area (TPSA) is 30.0 Å². The van der Waals surface area contributed by atoms with Crippen LogP contribution in [0, 0.1) is 3.57 Å². The van der Waals surface area contributed by atoms with E-state index in [2.05, 4.69) is 4.98 Å². The second-order valence-corrected chi connectivity index (χ2v) is 3.86. The lowest BCUT2D eigenvalue weighted by molar-refractivity contribution is -0.143. The largest absolute Gasteiger partial charge is 0.433 e. The van der Waals surface area contributed by atoms with Gasteiger partial charge in [0.25, 0.3) is 6.43 Å². The van der Waals surface area contributed by atoms with Crippen LogP contribution >= 0.6 is 22.6 Å². The summed E-state index contributed by atoms with van der Waals surface area (Å²) >= 11 is 1.47. The minimum absolute atomic E-state index is 0.0276. The first-order chi connectivity index (χ1) is 7.29. The normalized spacial score (nSPS) is 11.9. The number of alkyl halides is 5. The van der Waals surface area contributed by atoms with Gasteiger partial charge in [0.05, 0.1) is 5.56 Å². The molecule has 0 saturated heterocycles. The Hall–Kier alpha value is -0.800. The highest BCUT2D eigenvalue weighted by Crippen LogP contribution is 2.37. The zero-order valence-electron chi connectivity index (χ0n) is 7.36. The lowest BCUT2D eigenvalue weighted by atomic mass is 10.1. The molecule has 1 rings (SSSR count). The third kappa shape index (κ3) is 2.47. The van der Waals surface area contributed by atoms with Gasteiger partial charge in [-0.15, -0.1) is 0 Å². The summed E-state index contributed by atoms with van der Waals surface area (Å²) in [6, 6.07) is 0. The van der Waals surface area contributed by atoms with E-state index in [0.29, 0.717) is 0 Å². The number of pyridine rings is 1. The number of rotatable bonds is 2. The van der Waals surface area contributed by atoms with Crippen LogP contribution in [0.4, 0.5) is 22.0 Å². The molecule has 88 valence electrons. The first-order valence-electron chi connectivity index (χ1n) is 3.78. The highest BCUT2D eigenvalue weighted by atomic mass is 127. The highest BCUT2D eigenvalue weighted by Gasteiger charge is 2.39. The molecule has 0 fully saturated rings. The molecular formula is C8H3F5INO. The first kappa shape index (κ1) is 13.3. The van der Waals surface area contributed by atoms with Gasteiger partial charge in [-0.2, -0.15) is 13.2 Å². The van der Waals surface area contributed by atoms with Gasteiger partial charge in [-0.3, -0.25) is 9.78 Å². The molecule has 0 unspecified atom stereocenters. The second kappa shape index (κ2) is 4.60. The molecular weight excluding hydrogens is 348 g/mol. The Labute approximate surface area is 100.0 Å². The number of halogens is 6.